The lowest BCUT2D eigenvalue weighted by Gasteiger charge is -2.05. The number of hydrogen-bond acceptors (Lipinski definition) is 1. The van der Waals surface area contributed by atoms with Crippen molar-refractivity contribution in [2.75, 3.05) is 0 Å². The maximum atomic E-state index is 8.79. The summed E-state index contributed by atoms with van der Waals surface area (Å²) in [6, 6.07) is 5.49. The summed E-state index contributed by atoms with van der Waals surface area (Å²) in [6.07, 6.45) is 0.839. The van der Waals surface area contributed by atoms with Gasteiger partial charge in [0.05, 0.1) is 0 Å². The van der Waals surface area contributed by atoms with Crippen molar-refractivity contribution in [3.8, 4) is 0 Å². The highest BCUT2D eigenvalue weighted by atomic mass is 35.5. The summed E-state index contributed by atoms with van der Waals surface area (Å²) in [6.45, 7) is 3.10. The molecular weight excluding hydrogens is 160 g/mol. The third-order valence-corrected chi connectivity index (χ3v) is 2.00. The van der Waals surface area contributed by atoms with Crippen LogP contribution in [0.1, 0.15) is 18.1 Å². The zero-order valence-corrected chi connectivity index (χ0v) is 7.10. The van der Waals surface area contributed by atoms with Gasteiger partial charge in [-0.25, -0.2) is 0 Å². The lowest BCUT2D eigenvalue weighted by molar-refractivity contribution is 0.414. The highest BCUT2D eigenvalue weighted by molar-refractivity contribution is 6.31. The van der Waals surface area contributed by atoms with Gasteiger partial charge in [-0.2, -0.15) is 0 Å². The lowest BCUT2D eigenvalue weighted by atomic mass is 10.1. The van der Waals surface area contributed by atoms with Crippen LogP contribution < -0.4 is 0 Å². The minimum atomic E-state index is 0.718. The monoisotopic (exact) mass is 169 g/mol. The van der Waals surface area contributed by atoms with E-state index < -0.39 is 0 Å². The first-order valence-corrected chi connectivity index (χ1v) is 3.92. The molecule has 1 aromatic rings. The van der Waals surface area contributed by atoms with E-state index in [0.717, 1.165) is 29.2 Å². The highest BCUT2D eigenvalue weighted by Crippen LogP contribution is 2.20. The second-order valence-corrected chi connectivity index (χ2v) is 2.70. The Morgan fingerprint density at radius 1 is 1.55 bits per heavy atom. The number of benzene rings is 1. The molecule has 0 spiro atoms. The predicted molar refractivity (Wildman–Crippen MR) is 46.2 cm³/mol. The Balaban J connectivity index is 3.13. The second kappa shape index (κ2) is 3.74. The normalized spacial score (nSPS) is 10.1. The van der Waals surface area contributed by atoms with Crippen LogP contribution >= 0.6 is 11.6 Å². The number of halogens is 1. The SMILES string of the molecule is CCc1c(Cl)cccc1[CH]O. The van der Waals surface area contributed by atoms with Crippen LogP contribution in [0, 0.1) is 6.61 Å². The molecule has 1 radical (unpaired) electrons. The van der Waals surface area contributed by atoms with Gasteiger partial charge in [0.15, 0.2) is 0 Å². The standard InChI is InChI=1S/C9H10ClO/c1-2-8-7(6-11)4-3-5-9(8)10/h3-6,11H,2H2,1H3. The van der Waals surface area contributed by atoms with E-state index in [2.05, 4.69) is 0 Å². The molecule has 1 aromatic carbocycles. The van der Waals surface area contributed by atoms with Gasteiger partial charge in [0, 0.05) is 5.02 Å². The van der Waals surface area contributed by atoms with Gasteiger partial charge in [0.1, 0.15) is 6.61 Å². The summed E-state index contributed by atoms with van der Waals surface area (Å²) in [4.78, 5) is 0. The minimum Gasteiger partial charge on any atom is -0.385 e. The summed E-state index contributed by atoms with van der Waals surface area (Å²) in [7, 11) is 0. The molecule has 0 aliphatic heterocycles. The smallest absolute Gasteiger partial charge is 0.109 e. The lowest BCUT2D eigenvalue weighted by Crippen LogP contribution is -1.90. The second-order valence-electron chi connectivity index (χ2n) is 2.29. The van der Waals surface area contributed by atoms with Gasteiger partial charge in [-0.3, -0.25) is 0 Å². The van der Waals surface area contributed by atoms with E-state index in [4.69, 9.17) is 16.7 Å². The van der Waals surface area contributed by atoms with Crippen LogP contribution in [0.15, 0.2) is 18.2 Å². The molecule has 0 amide bonds. The van der Waals surface area contributed by atoms with E-state index in [0.29, 0.717) is 0 Å². The molecule has 59 valence electrons. The molecule has 0 bridgehead atoms. The van der Waals surface area contributed by atoms with Crippen LogP contribution in [0.5, 0.6) is 0 Å². The molecule has 0 heterocycles. The van der Waals surface area contributed by atoms with Gasteiger partial charge in [0.2, 0.25) is 0 Å². The fourth-order valence-corrected chi connectivity index (χ4v) is 1.38. The molecule has 0 saturated carbocycles. The molecule has 0 atom stereocenters. The summed E-state index contributed by atoms with van der Waals surface area (Å²) < 4.78 is 0. The van der Waals surface area contributed by atoms with E-state index >= 15 is 0 Å². The molecule has 0 fully saturated rings. The average Bonchev–Trinajstić information content (AvgIpc) is 2.04. The number of aliphatic hydroxyl groups is 1. The van der Waals surface area contributed by atoms with Crippen molar-refractivity contribution in [3.05, 3.63) is 41.0 Å². The Kier molecular flexibility index (Phi) is 2.92. The largest absolute Gasteiger partial charge is 0.385 e. The molecular formula is C9H10ClO. The summed E-state index contributed by atoms with van der Waals surface area (Å²) in [5.41, 5.74) is 1.80. The maximum absolute atomic E-state index is 8.79. The van der Waals surface area contributed by atoms with Gasteiger partial charge in [0.25, 0.3) is 0 Å². The Morgan fingerprint density at radius 2 is 2.27 bits per heavy atom. The topological polar surface area (TPSA) is 20.2 Å². The van der Waals surface area contributed by atoms with Crippen molar-refractivity contribution < 1.29 is 5.11 Å². The van der Waals surface area contributed by atoms with Crippen molar-refractivity contribution in [3.63, 3.8) is 0 Å². The average molecular weight is 170 g/mol. The van der Waals surface area contributed by atoms with Crippen LogP contribution in [0.3, 0.4) is 0 Å². The van der Waals surface area contributed by atoms with Gasteiger partial charge >= 0.3 is 0 Å². The van der Waals surface area contributed by atoms with Gasteiger partial charge < -0.3 is 5.11 Å². The predicted octanol–water partition coefficient (Wildman–Crippen LogP) is 2.78. The molecule has 1 rings (SSSR count). The quantitative estimate of drug-likeness (QED) is 0.722. The van der Waals surface area contributed by atoms with Gasteiger partial charge in [-0.05, 0) is 23.6 Å². The van der Waals surface area contributed by atoms with Crippen molar-refractivity contribution in [2.24, 2.45) is 0 Å². The van der Waals surface area contributed by atoms with Crippen molar-refractivity contribution in [2.45, 2.75) is 13.3 Å². The zero-order valence-electron chi connectivity index (χ0n) is 6.34. The van der Waals surface area contributed by atoms with Crippen LogP contribution in [0.2, 0.25) is 5.02 Å². The Morgan fingerprint density at radius 3 is 2.73 bits per heavy atom. The molecule has 0 unspecified atom stereocenters. The molecule has 11 heavy (non-hydrogen) atoms. The zero-order chi connectivity index (χ0) is 8.27. The van der Waals surface area contributed by atoms with Gasteiger partial charge in [-0.1, -0.05) is 30.7 Å². The minimum absolute atomic E-state index is 0.718. The fraction of sp³-hybridized carbons (Fsp3) is 0.222. The van der Waals surface area contributed by atoms with E-state index in [1.54, 1.807) is 0 Å². The summed E-state index contributed by atoms with van der Waals surface area (Å²) in [5, 5.41) is 9.51. The third kappa shape index (κ3) is 1.73. The maximum Gasteiger partial charge on any atom is 0.109 e. The third-order valence-electron chi connectivity index (χ3n) is 1.65. The molecule has 0 aromatic heterocycles. The number of aliphatic hydroxyl groups excluding tert-OH is 1. The number of rotatable bonds is 2. The Labute approximate surface area is 71.6 Å². The van der Waals surface area contributed by atoms with E-state index in [9.17, 15) is 0 Å². The summed E-state index contributed by atoms with van der Waals surface area (Å²) >= 11 is 5.88. The first kappa shape index (κ1) is 8.57. The van der Waals surface area contributed by atoms with Crippen LogP contribution in [-0.2, 0) is 6.42 Å². The Bertz CT molecular complexity index is 245. The van der Waals surface area contributed by atoms with Gasteiger partial charge in [-0.15, -0.1) is 0 Å². The van der Waals surface area contributed by atoms with Crippen molar-refractivity contribution in [1.29, 1.82) is 0 Å². The Hall–Kier alpha value is -0.530. The van der Waals surface area contributed by atoms with Crippen molar-refractivity contribution in [1.82, 2.24) is 0 Å². The van der Waals surface area contributed by atoms with Crippen LogP contribution in [0.25, 0.3) is 0 Å². The first-order valence-electron chi connectivity index (χ1n) is 3.54. The highest BCUT2D eigenvalue weighted by Gasteiger charge is 2.02. The molecule has 1 nitrogen and oxygen atoms in total. The molecule has 0 saturated heterocycles. The molecule has 0 aliphatic carbocycles. The van der Waals surface area contributed by atoms with E-state index in [1.165, 1.54) is 0 Å². The van der Waals surface area contributed by atoms with E-state index in [1.807, 2.05) is 25.1 Å². The summed E-state index contributed by atoms with van der Waals surface area (Å²) in [5.74, 6) is 0. The van der Waals surface area contributed by atoms with Crippen LogP contribution in [-0.4, -0.2) is 5.11 Å². The molecule has 0 aliphatic rings. The first-order chi connectivity index (χ1) is 5.29. The van der Waals surface area contributed by atoms with Crippen LogP contribution in [0.4, 0.5) is 0 Å². The molecule has 1 N–H and O–H groups in total. The van der Waals surface area contributed by atoms with E-state index in [-0.39, 0.29) is 0 Å². The van der Waals surface area contributed by atoms with Crippen molar-refractivity contribution >= 4 is 11.6 Å². The molecule has 2 heteroatoms. The fourth-order valence-electron chi connectivity index (χ4n) is 1.07. The number of hydrogen-bond donors (Lipinski definition) is 1.